The van der Waals surface area contributed by atoms with E-state index in [9.17, 15) is 4.79 Å². The van der Waals surface area contributed by atoms with Crippen LogP contribution in [-0.2, 0) is 9.53 Å². The Bertz CT molecular complexity index is 779. The van der Waals surface area contributed by atoms with E-state index in [2.05, 4.69) is 0 Å². The van der Waals surface area contributed by atoms with Crippen LogP contribution in [0.5, 0.6) is 0 Å². The van der Waals surface area contributed by atoms with Crippen LogP contribution < -0.4 is 0 Å². The van der Waals surface area contributed by atoms with E-state index in [4.69, 9.17) is 4.74 Å². The highest BCUT2D eigenvalue weighted by Crippen LogP contribution is 2.43. The Balaban J connectivity index is 2.39. The van der Waals surface area contributed by atoms with E-state index in [0.717, 1.165) is 27.8 Å². The fraction of sp³-hybridized carbons (Fsp3) is 0.227. The van der Waals surface area contributed by atoms with Crippen molar-refractivity contribution in [1.29, 1.82) is 0 Å². The van der Waals surface area contributed by atoms with E-state index >= 15 is 0 Å². The molecule has 0 N–H and O–H groups in total. The van der Waals surface area contributed by atoms with Crippen molar-refractivity contribution in [1.82, 2.24) is 0 Å². The number of cyclic esters (lactones) is 1. The van der Waals surface area contributed by atoms with Crippen molar-refractivity contribution < 1.29 is 9.53 Å². The molecule has 24 heavy (non-hydrogen) atoms. The lowest BCUT2D eigenvalue weighted by atomic mass is 9.84. The molecule has 2 aromatic rings. The normalized spacial score (nSPS) is 16.1. The van der Waals surface area contributed by atoms with Crippen molar-refractivity contribution in [2.24, 2.45) is 0 Å². The van der Waals surface area contributed by atoms with Gasteiger partial charge in [0, 0.05) is 11.1 Å². The Morgan fingerprint density at radius 2 is 1.29 bits per heavy atom. The summed E-state index contributed by atoms with van der Waals surface area (Å²) in [6, 6.07) is 20.1. The van der Waals surface area contributed by atoms with Crippen LogP contribution in [0.3, 0.4) is 0 Å². The Morgan fingerprint density at radius 1 is 0.833 bits per heavy atom. The molecule has 3 rings (SSSR count). The highest BCUT2D eigenvalue weighted by atomic mass is 16.6. The average molecular weight is 318 g/mol. The molecule has 1 saturated heterocycles. The van der Waals surface area contributed by atoms with Crippen LogP contribution in [0.2, 0.25) is 0 Å². The zero-order chi connectivity index (χ0) is 17.3. The molecule has 0 saturated carbocycles. The number of benzene rings is 2. The van der Waals surface area contributed by atoms with Crippen LogP contribution >= 0.6 is 0 Å². The quantitative estimate of drug-likeness (QED) is 0.564. The van der Waals surface area contributed by atoms with Crippen molar-refractivity contribution in [2.45, 2.75) is 33.3 Å². The van der Waals surface area contributed by atoms with Crippen LogP contribution in [0.4, 0.5) is 0 Å². The van der Waals surface area contributed by atoms with Crippen molar-refractivity contribution in [2.75, 3.05) is 0 Å². The lowest BCUT2D eigenvalue weighted by Gasteiger charge is -2.20. The Morgan fingerprint density at radius 3 is 1.71 bits per heavy atom. The maximum atomic E-state index is 12.8. The molecule has 0 unspecified atom stereocenters. The molecule has 0 spiro atoms. The number of rotatable bonds is 2. The fourth-order valence-electron chi connectivity index (χ4n) is 3.48. The number of ether oxygens (including phenoxy) is 1. The smallest absolute Gasteiger partial charge is 0.340 e. The summed E-state index contributed by atoms with van der Waals surface area (Å²) in [7, 11) is 0. The van der Waals surface area contributed by atoms with Gasteiger partial charge in [-0.25, -0.2) is 4.79 Å². The van der Waals surface area contributed by atoms with E-state index in [1.807, 2.05) is 88.4 Å². The van der Waals surface area contributed by atoms with E-state index < -0.39 is 5.60 Å². The number of carbonyl (C=O) groups excluding carboxylic acids is 1. The molecule has 0 aliphatic carbocycles. The van der Waals surface area contributed by atoms with Gasteiger partial charge in [0.1, 0.15) is 5.60 Å². The molecular formula is C22H22O2. The summed E-state index contributed by atoms with van der Waals surface area (Å²) in [5.41, 5.74) is 5.13. The van der Waals surface area contributed by atoms with Crippen molar-refractivity contribution in [3.63, 3.8) is 0 Å². The molecule has 1 heterocycles. The summed E-state index contributed by atoms with van der Waals surface area (Å²) in [4.78, 5) is 12.8. The van der Waals surface area contributed by atoms with Gasteiger partial charge in [0.25, 0.3) is 0 Å². The van der Waals surface area contributed by atoms with Gasteiger partial charge in [-0.2, -0.15) is 0 Å². The second-order valence-corrected chi connectivity index (χ2v) is 6.76. The molecule has 0 bridgehead atoms. The molecule has 0 aromatic heterocycles. The second kappa shape index (κ2) is 6.12. The summed E-state index contributed by atoms with van der Waals surface area (Å²) >= 11 is 0. The van der Waals surface area contributed by atoms with Gasteiger partial charge < -0.3 is 4.74 Å². The molecule has 2 aromatic carbocycles. The predicted octanol–water partition coefficient (Wildman–Crippen LogP) is 5.16. The second-order valence-electron chi connectivity index (χ2n) is 6.76. The van der Waals surface area contributed by atoms with E-state index in [0.29, 0.717) is 5.57 Å². The molecule has 0 amide bonds. The third-order valence-corrected chi connectivity index (χ3v) is 4.28. The fourth-order valence-corrected chi connectivity index (χ4v) is 3.48. The minimum Gasteiger partial charge on any atom is -0.451 e. The van der Waals surface area contributed by atoms with Crippen LogP contribution in [0, 0.1) is 0 Å². The van der Waals surface area contributed by atoms with Gasteiger partial charge in [0.15, 0.2) is 0 Å². The zero-order valence-electron chi connectivity index (χ0n) is 14.6. The van der Waals surface area contributed by atoms with Crippen molar-refractivity contribution >= 4 is 11.5 Å². The number of hydrogen-bond donors (Lipinski definition) is 0. The molecular weight excluding hydrogens is 296 g/mol. The van der Waals surface area contributed by atoms with Crippen molar-refractivity contribution in [3.05, 3.63) is 88.5 Å². The summed E-state index contributed by atoms with van der Waals surface area (Å²) in [5, 5.41) is 0. The van der Waals surface area contributed by atoms with Crippen molar-refractivity contribution in [3.8, 4) is 0 Å². The molecule has 2 nitrogen and oxygen atoms in total. The zero-order valence-corrected chi connectivity index (χ0v) is 14.6. The summed E-state index contributed by atoms with van der Waals surface area (Å²) in [6.07, 6.45) is 0. The number of hydrogen-bond acceptors (Lipinski definition) is 2. The molecule has 1 aliphatic rings. The first-order valence-corrected chi connectivity index (χ1v) is 8.18. The van der Waals surface area contributed by atoms with Gasteiger partial charge >= 0.3 is 5.97 Å². The monoisotopic (exact) mass is 318 g/mol. The van der Waals surface area contributed by atoms with Gasteiger partial charge in [-0.3, -0.25) is 0 Å². The van der Waals surface area contributed by atoms with Crippen LogP contribution in [0.25, 0.3) is 5.57 Å². The largest absolute Gasteiger partial charge is 0.451 e. The third-order valence-electron chi connectivity index (χ3n) is 4.28. The first-order chi connectivity index (χ1) is 11.4. The molecule has 0 radical (unpaired) electrons. The minimum absolute atomic E-state index is 0.251. The minimum atomic E-state index is -0.611. The third kappa shape index (κ3) is 2.80. The standard InChI is InChI=1S/C22H22O2/c1-15(2)20-19(21(23)24-22(20,3)4)18(16-11-7-5-8-12-16)17-13-9-6-10-14-17/h5-14H,1-4H3. The first-order valence-electron chi connectivity index (χ1n) is 8.18. The Kier molecular flexibility index (Phi) is 4.15. The highest BCUT2D eigenvalue weighted by molar-refractivity contribution is 6.08. The summed E-state index contributed by atoms with van der Waals surface area (Å²) in [6.45, 7) is 7.97. The summed E-state index contributed by atoms with van der Waals surface area (Å²) < 4.78 is 5.70. The maximum absolute atomic E-state index is 12.8. The Hall–Kier alpha value is -2.61. The Labute approximate surface area is 143 Å². The number of allylic oxidation sites excluding steroid dienone is 1. The molecule has 1 aliphatic heterocycles. The lowest BCUT2D eigenvalue weighted by molar-refractivity contribution is -0.142. The van der Waals surface area contributed by atoms with Crippen LogP contribution in [0.15, 0.2) is 77.4 Å². The molecule has 1 fully saturated rings. The van der Waals surface area contributed by atoms with E-state index in [-0.39, 0.29) is 5.97 Å². The lowest BCUT2D eigenvalue weighted by Crippen LogP contribution is -2.21. The SMILES string of the molecule is CC(C)=C1C(=C(c2ccccc2)c2ccccc2)C(=O)OC1(C)C. The van der Waals surface area contributed by atoms with Gasteiger partial charge in [-0.05, 0) is 38.8 Å². The van der Waals surface area contributed by atoms with E-state index in [1.54, 1.807) is 0 Å². The number of carbonyl (C=O) groups is 1. The van der Waals surface area contributed by atoms with Gasteiger partial charge in [-0.1, -0.05) is 66.2 Å². The number of esters is 1. The van der Waals surface area contributed by atoms with Gasteiger partial charge in [-0.15, -0.1) is 0 Å². The topological polar surface area (TPSA) is 26.3 Å². The average Bonchev–Trinajstić information content (AvgIpc) is 2.79. The first kappa shape index (κ1) is 16.3. The van der Waals surface area contributed by atoms with Crippen LogP contribution in [-0.4, -0.2) is 11.6 Å². The maximum Gasteiger partial charge on any atom is 0.340 e. The predicted molar refractivity (Wildman–Crippen MR) is 97.5 cm³/mol. The van der Waals surface area contributed by atoms with Crippen LogP contribution in [0.1, 0.15) is 38.8 Å². The van der Waals surface area contributed by atoms with Gasteiger partial charge in [0.2, 0.25) is 0 Å². The van der Waals surface area contributed by atoms with E-state index in [1.165, 1.54) is 0 Å². The molecule has 2 heteroatoms. The molecule has 0 atom stereocenters. The summed E-state index contributed by atoms with van der Waals surface area (Å²) in [5.74, 6) is -0.251. The van der Waals surface area contributed by atoms with Gasteiger partial charge in [0.05, 0.1) is 5.57 Å². The highest BCUT2D eigenvalue weighted by Gasteiger charge is 2.43. The molecule has 122 valence electrons.